The van der Waals surface area contributed by atoms with Gasteiger partial charge in [0.25, 0.3) is 0 Å². The van der Waals surface area contributed by atoms with Crippen LogP contribution in [0.15, 0.2) is 41.8 Å². The SMILES string of the molecule is NC(=S)c1ccc(CN(Cc2cccs2)C2CC2)cc1. The molecule has 1 saturated carbocycles. The lowest BCUT2D eigenvalue weighted by molar-refractivity contribution is 0.248. The Kier molecular flexibility index (Phi) is 4.15. The summed E-state index contributed by atoms with van der Waals surface area (Å²) in [4.78, 5) is 4.48. The largest absolute Gasteiger partial charge is 0.389 e. The van der Waals surface area contributed by atoms with Crippen LogP contribution >= 0.6 is 23.6 Å². The van der Waals surface area contributed by atoms with Crippen molar-refractivity contribution in [2.45, 2.75) is 32.0 Å². The second-order valence-corrected chi connectivity index (χ2v) is 6.75. The third-order valence-corrected chi connectivity index (χ3v) is 4.72. The highest BCUT2D eigenvalue weighted by Gasteiger charge is 2.29. The maximum atomic E-state index is 5.64. The average molecular weight is 302 g/mol. The zero-order valence-corrected chi connectivity index (χ0v) is 12.9. The van der Waals surface area contributed by atoms with Gasteiger partial charge in [0.05, 0.1) is 0 Å². The molecule has 4 heteroatoms. The molecule has 0 saturated heterocycles. The van der Waals surface area contributed by atoms with Gasteiger partial charge >= 0.3 is 0 Å². The summed E-state index contributed by atoms with van der Waals surface area (Å²) in [5.74, 6) is 0. The second-order valence-electron chi connectivity index (χ2n) is 5.28. The second kappa shape index (κ2) is 6.04. The third-order valence-electron chi connectivity index (χ3n) is 3.63. The highest BCUT2D eigenvalue weighted by molar-refractivity contribution is 7.80. The first-order valence-electron chi connectivity index (χ1n) is 6.87. The number of nitrogens with zero attached hydrogens (tertiary/aromatic N) is 1. The van der Waals surface area contributed by atoms with Gasteiger partial charge in [0.2, 0.25) is 0 Å². The van der Waals surface area contributed by atoms with Crippen LogP contribution in [0.5, 0.6) is 0 Å². The van der Waals surface area contributed by atoms with E-state index in [9.17, 15) is 0 Å². The lowest BCUT2D eigenvalue weighted by atomic mass is 10.1. The van der Waals surface area contributed by atoms with E-state index < -0.39 is 0 Å². The van der Waals surface area contributed by atoms with Crippen molar-refractivity contribution in [1.82, 2.24) is 4.90 Å². The smallest absolute Gasteiger partial charge is 0.103 e. The van der Waals surface area contributed by atoms with E-state index in [0.717, 1.165) is 24.7 Å². The molecule has 0 atom stereocenters. The fourth-order valence-electron chi connectivity index (χ4n) is 2.37. The summed E-state index contributed by atoms with van der Waals surface area (Å²) in [6.07, 6.45) is 2.66. The third kappa shape index (κ3) is 3.45. The maximum absolute atomic E-state index is 5.64. The van der Waals surface area contributed by atoms with Crippen molar-refractivity contribution >= 4 is 28.5 Å². The summed E-state index contributed by atoms with van der Waals surface area (Å²) < 4.78 is 0. The minimum Gasteiger partial charge on any atom is -0.389 e. The maximum Gasteiger partial charge on any atom is 0.103 e. The van der Waals surface area contributed by atoms with Gasteiger partial charge in [-0.2, -0.15) is 0 Å². The fraction of sp³-hybridized carbons (Fsp3) is 0.312. The van der Waals surface area contributed by atoms with Gasteiger partial charge in [-0.05, 0) is 29.9 Å². The van der Waals surface area contributed by atoms with Crippen molar-refractivity contribution < 1.29 is 0 Å². The van der Waals surface area contributed by atoms with Crippen LogP contribution < -0.4 is 5.73 Å². The van der Waals surface area contributed by atoms with Crippen molar-refractivity contribution in [3.63, 3.8) is 0 Å². The van der Waals surface area contributed by atoms with Crippen molar-refractivity contribution in [2.75, 3.05) is 0 Å². The molecule has 2 N–H and O–H groups in total. The van der Waals surface area contributed by atoms with Crippen molar-refractivity contribution in [3.8, 4) is 0 Å². The van der Waals surface area contributed by atoms with E-state index in [0.29, 0.717) is 4.99 Å². The summed E-state index contributed by atoms with van der Waals surface area (Å²) >= 11 is 6.83. The van der Waals surface area contributed by atoms with Crippen LogP contribution in [0.3, 0.4) is 0 Å². The number of hydrogen-bond donors (Lipinski definition) is 1. The van der Waals surface area contributed by atoms with Crippen LogP contribution in [-0.2, 0) is 13.1 Å². The van der Waals surface area contributed by atoms with Crippen LogP contribution in [-0.4, -0.2) is 15.9 Å². The lowest BCUT2D eigenvalue weighted by Gasteiger charge is -2.21. The Hall–Kier alpha value is -1.23. The Morgan fingerprint density at radius 2 is 1.95 bits per heavy atom. The fourth-order valence-corrected chi connectivity index (χ4v) is 3.23. The van der Waals surface area contributed by atoms with Gasteiger partial charge in [0.1, 0.15) is 4.99 Å². The summed E-state index contributed by atoms with van der Waals surface area (Å²) in [6.45, 7) is 2.06. The number of rotatable bonds is 6. The number of nitrogens with two attached hydrogens (primary N) is 1. The first-order chi connectivity index (χ1) is 9.72. The molecule has 2 nitrogen and oxygen atoms in total. The molecular weight excluding hydrogens is 284 g/mol. The Bertz CT molecular complexity index is 571. The molecule has 0 radical (unpaired) electrons. The summed E-state index contributed by atoms with van der Waals surface area (Å²) in [5.41, 5.74) is 7.91. The molecule has 3 rings (SSSR count). The van der Waals surface area contributed by atoms with Crippen molar-refractivity contribution in [2.24, 2.45) is 5.73 Å². The molecule has 1 aliphatic carbocycles. The van der Waals surface area contributed by atoms with Gasteiger partial charge in [0.15, 0.2) is 0 Å². The molecule has 0 aliphatic heterocycles. The highest BCUT2D eigenvalue weighted by Crippen LogP contribution is 2.30. The van der Waals surface area contributed by atoms with E-state index in [1.807, 2.05) is 23.5 Å². The minimum absolute atomic E-state index is 0.467. The average Bonchev–Trinajstić information content (AvgIpc) is 3.17. The van der Waals surface area contributed by atoms with Gasteiger partial charge < -0.3 is 5.73 Å². The van der Waals surface area contributed by atoms with Crippen LogP contribution in [0.2, 0.25) is 0 Å². The van der Waals surface area contributed by atoms with E-state index >= 15 is 0 Å². The first kappa shape index (κ1) is 13.7. The van der Waals surface area contributed by atoms with Gasteiger partial charge in [0, 0.05) is 29.6 Å². The lowest BCUT2D eigenvalue weighted by Crippen LogP contribution is -2.24. The highest BCUT2D eigenvalue weighted by atomic mass is 32.1. The van der Waals surface area contributed by atoms with E-state index in [1.165, 1.54) is 23.3 Å². The van der Waals surface area contributed by atoms with Gasteiger partial charge in [-0.25, -0.2) is 0 Å². The van der Waals surface area contributed by atoms with Crippen molar-refractivity contribution in [3.05, 3.63) is 57.8 Å². The Labute approximate surface area is 129 Å². The number of thiocarbonyl (C=S) groups is 1. The molecule has 1 fully saturated rings. The van der Waals surface area contributed by atoms with E-state index in [2.05, 4.69) is 34.5 Å². The standard InChI is InChI=1S/C16H18N2S2/c17-16(19)13-5-3-12(4-6-13)10-18(14-7-8-14)11-15-2-1-9-20-15/h1-6,9,14H,7-8,10-11H2,(H2,17,19). The van der Waals surface area contributed by atoms with E-state index in [4.69, 9.17) is 18.0 Å². The monoisotopic (exact) mass is 302 g/mol. The molecule has 1 aromatic heterocycles. The molecule has 104 valence electrons. The zero-order chi connectivity index (χ0) is 13.9. The van der Waals surface area contributed by atoms with Crippen LogP contribution in [0.1, 0.15) is 28.8 Å². The topological polar surface area (TPSA) is 29.3 Å². The quantitative estimate of drug-likeness (QED) is 0.828. The van der Waals surface area contributed by atoms with Crippen LogP contribution in [0.4, 0.5) is 0 Å². The Balaban J connectivity index is 1.68. The van der Waals surface area contributed by atoms with Crippen molar-refractivity contribution in [1.29, 1.82) is 0 Å². The predicted octanol–water partition coefficient (Wildman–Crippen LogP) is 3.55. The number of benzene rings is 1. The molecule has 0 amide bonds. The molecule has 0 unspecified atom stereocenters. The molecule has 1 aliphatic rings. The normalized spacial score (nSPS) is 14.7. The Morgan fingerprint density at radius 3 is 2.50 bits per heavy atom. The predicted molar refractivity (Wildman–Crippen MR) is 88.9 cm³/mol. The van der Waals surface area contributed by atoms with E-state index in [1.54, 1.807) is 0 Å². The Morgan fingerprint density at radius 1 is 1.20 bits per heavy atom. The van der Waals surface area contributed by atoms with Crippen LogP contribution in [0, 0.1) is 0 Å². The minimum atomic E-state index is 0.467. The summed E-state index contributed by atoms with van der Waals surface area (Å²) in [5, 5.41) is 2.15. The van der Waals surface area contributed by atoms with Gasteiger partial charge in [-0.15, -0.1) is 11.3 Å². The molecule has 20 heavy (non-hydrogen) atoms. The molecule has 1 heterocycles. The van der Waals surface area contributed by atoms with Gasteiger partial charge in [-0.3, -0.25) is 4.90 Å². The molecule has 1 aromatic carbocycles. The molecule has 2 aromatic rings. The summed E-state index contributed by atoms with van der Waals surface area (Å²) in [6, 6.07) is 13.4. The molecule has 0 bridgehead atoms. The van der Waals surface area contributed by atoms with E-state index in [-0.39, 0.29) is 0 Å². The zero-order valence-electron chi connectivity index (χ0n) is 11.3. The molecular formula is C16H18N2S2. The summed E-state index contributed by atoms with van der Waals surface area (Å²) in [7, 11) is 0. The molecule has 0 spiro atoms. The number of thiophene rings is 1. The first-order valence-corrected chi connectivity index (χ1v) is 8.16. The van der Waals surface area contributed by atoms with Crippen LogP contribution in [0.25, 0.3) is 0 Å². The number of hydrogen-bond acceptors (Lipinski definition) is 3. The van der Waals surface area contributed by atoms with Gasteiger partial charge in [-0.1, -0.05) is 42.5 Å².